The third-order valence-corrected chi connectivity index (χ3v) is 5.69. The Hall–Kier alpha value is -2.02. The van der Waals surface area contributed by atoms with Crippen LogP contribution in [0.1, 0.15) is 38.2 Å². The van der Waals surface area contributed by atoms with E-state index in [2.05, 4.69) is 17.4 Å². The average molecular weight is 362 g/mol. The van der Waals surface area contributed by atoms with E-state index < -0.39 is 6.04 Å². The molecule has 2 atom stereocenters. The first-order chi connectivity index (χ1) is 12.0. The molecule has 1 saturated heterocycles. The van der Waals surface area contributed by atoms with Gasteiger partial charge in [0.1, 0.15) is 11.8 Å². The third kappa shape index (κ3) is 4.15. The van der Waals surface area contributed by atoms with Gasteiger partial charge in [-0.05, 0) is 37.0 Å². The second-order valence-corrected chi connectivity index (χ2v) is 7.83. The van der Waals surface area contributed by atoms with Crippen LogP contribution in [0.2, 0.25) is 0 Å². The number of thioether (sulfide) groups is 1. The molecule has 1 aliphatic carbocycles. The molecule has 0 bridgehead atoms. The number of rotatable bonds is 5. The highest BCUT2D eigenvalue weighted by atomic mass is 32.2. The van der Waals surface area contributed by atoms with Crippen LogP contribution < -0.4 is 10.1 Å². The van der Waals surface area contributed by atoms with Crippen molar-refractivity contribution >= 4 is 27.8 Å². The van der Waals surface area contributed by atoms with Crippen molar-refractivity contribution in [2.45, 2.75) is 45.1 Å². The van der Waals surface area contributed by atoms with Gasteiger partial charge in [0, 0.05) is 23.6 Å². The number of benzene rings is 1. The Kier molecular flexibility index (Phi) is 5.32. The summed E-state index contributed by atoms with van der Waals surface area (Å²) in [7, 11) is 0. The first kappa shape index (κ1) is 17.8. The lowest BCUT2D eigenvalue weighted by molar-refractivity contribution is -0.112. The summed E-state index contributed by atoms with van der Waals surface area (Å²) in [4.78, 5) is 22.9. The van der Waals surface area contributed by atoms with Gasteiger partial charge in [-0.25, -0.2) is 0 Å². The Balaban J connectivity index is 1.57. The zero-order valence-corrected chi connectivity index (χ0v) is 15.0. The van der Waals surface area contributed by atoms with Crippen LogP contribution in [-0.4, -0.2) is 33.9 Å². The Morgan fingerprint density at radius 1 is 1.32 bits per heavy atom. The molecule has 2 aliphatic rings. The largest absolute Gasteiger partial charge is 0.493 e. The van der Waals surface area contributed by atoms with Gasteiger partial charge in [0.25, 0.3) is 5.24 Å². The molecule has 2 N–H and O–H groups in total. The van der Waals surface area contributed by atoms with Crippen LogP contribution in [0.25, 0.3) is 0 Å². The molecule has 1 aromatic rings. The van der Waals surface area contributed by atoms with Crippen molar-refractivity contribution in [3.63, 3.8) is 0 Å². The number of amides is 1. The van der Waals surface area contributed by atoms with Crippen LogP contribution in [0.15, 0.2) is 29.4 Å². The Morgan fingerprint density at radius 2 is 2.08 bits per heavy atom. The molecule has 1 aromatic carbocycles. The second-order valence-electron chi connectivity index (χ2n) is 6.86. The molecule has 3 rings (SSSR count). The monoisotopic (exact) mass is 362 g/mol. The molecule has 7 heteroatoms. The van der Waals surface area contributed by atoms with Gasteiger partial charge >= 0.3 is 0 Å². The topological polar surface area (TPSA) is 88.0 Å². The molecule has 6 nitrogen and oxygen atoms in total. The molecular formula is C18H22N2O4S. The molecule has 0 spiro atoms. The molecular weight excluding hydrogens is 340 g/mol. The summed E-state index contributed by atoms with van der Waals surface area (Å²) >= 11 is 0.731. The van der Waals surface area contributed by atoms with Crippen LogP contribution in [0, 0.1) is 5.41 Å². The van der Waals surface area contributed by atoms with E-state index in [9.17, 15) is 14.8 Å². The summed E-state index contributed by atoms with van der Waals surface area (Å²) in [5.74, 6) is 0.740. The maximum Gasteiger partial charge on any atom is 0.287 e. The van der Waals surface area contributed by atoms with Crippen LogP contribution in [0.3, 0.4) is 0 Å². The number of ether oxygens (including phenoxy) is 1. The van der Waals surface area contributed by atoms with Gasteiger partial charge < -0.3 is 15.3 Å². The van der Waals surface area contributed by atoms with E-state index in [0.717, 1.165) is 54.5 Å². The summed E-state index contributed by atoms with van der Waals surface area (Å²) in [6, 6.07) is 7.09. The highest BCUT2D eigenvalue weighted by Gasteiger charge is 2.35. The van der Waals surface area contributed by atoms with Gasteiger partial charge in [-0.3, -0.25) is 9.59 Å². The molecule has 1 heterocycles. The van der Waals surface area contributed by atoms with E-state index in [1.165, 1.54) is 0 Å². The van der Waals surface area contributed by atoms with Crippen molar-refractivity contribution in [3.05, 3.63) is 29.8 Å². The predicted molar refractivity (Wildman–Crippen MR) is 96.4 cm³/mol. The quantitative estimate of drug-likeness (QED) is 0.619. The minimum atomic E-state index is -0.450. The van der Waals surface area contributed by atoms with E-state index in [-0.39, 0.29) is 15.8 Å². The summed E-state index contributed by atoms with van der Waals surface area (Å²) in [5.41, 5.74) is 1.54. The van der Waals surface area contributed by atoms with E-state index in [0.29, 0.717) is 13.0 Å². The second kappa shape index (κ2) is 7.47. The van der Waals surface area contributed by atoms with Gasteiger partial charge in [-0.15, -0.1) is 0 Å². The number of carbonyl (C=O) groups is 2. The molecule has 134 valence electrons. The molecule has 25 heavy (non-hydrogen) atoms. The Morgan fingerprint density at radius 3 is 2.72 bits per heavy atom. The minimum absolute atomic E-state index is 0.133. The minimum Gasteiger partial charge on any atom is -0.493 e. The smallest absolute Gasteiger partial charge is 0.287 e. The fraction of sp³-hybridized carbons (Fsp3) is 0.500. The predicted octanol–water partition coefficient (Wildman–Crippen LogP) is 3.37. The fourth-order valence-corrected chi connectivity index (χ4v) is 3.98. The summed E-state index contributed by atoms with van der Waals surface area (Å²) in [6.45, 7) is 2.54. The van der Waals surface area contributed by atoms with Crippen molar-refractivity contribution in [1.82, 2.24) is 5.32 Å². The first-order valence-electron chi connectivity index (χ1n) is 8.45. The molecule has 1 aliphatic heterocycles. The normalized spacial score (nSPS) is 28.2. The zero-order valence-electron chi connectivity index (χ0n) is 14.2. The van der Waals surface area contributed by atoms with Gasteiger partial charge in [0.2, 0.25) is 5.12 Å². The van der Waals surface area contributed by atoms with Gasteiger partial charge in [-0.2, -0.15) is 0 Å². The lowest BCUT2D eigenvalue weighted by Gasteiger charge is -2.33. The summed E-state index contributed by atoms with van der Waals surface area (Å²) in [6.07, 6.45) is 4.41. The standard InChI is InChI=1S/C18H22N2O4S/c1-18(9-3-2-4-15(18)20-23)11-24-13-7-5-12(6-8-13)10-14-16(21)25-17(22)19-14/h5-8,14,23H,2-4,9-11H2,1H3,(H,19,22). The van der Waals surface area contributed by atoms with E-state index in [4.69, 9.17) is 4.74 Å². The fourth-order valence-electron chi connectivity index (χ4n) is 3.31. The summed E-state index contributed by atoms with van der Waals surface area (Å²) in [5, 5.41) is 14.9. The van der Waals surface area contributed by atoms with Crippen LogP contribution in [0.5, 0.6) is 5.75 Å². The molecule has 1 amide bonds. The van der Waals surface area contributed by atoms with Crippen LogP contribution in [0.4, 0.5) is 4.79 Å². The Labute approximate surface area is 151 Å². The maximum atomic E-state index is 11.7. The SMILES string of the molecule is CC1(COc2ccc(CC3NC(=O)SC3=O)cc2)CCCCC1=NO. The number of nitrogens with zero attached hydrogens (tertiary/aromatic N) is 1. The lowest BCUT2D eigenvalue weighted by Crippen LogP contribution is -2.37. The van der Waals surface area contributed by atoms with Crippen LogP contribution in [-0.2, 0) is 11.2 Å². The van der Waals surface area contributed by atoms with E-state index >= 15 is 0 Å². The van der Waals surface area contributed by atoms with Gasteiger partial charge in [0.05, 0.1) is 12.3 Å². The average Bonchev–Trinajstić information content (AvgIpc) is 2.92. The van der Waals surface area contributed by atoms with Crippen molar-refractivity contribution < 1.29 is 19.5 Å². The van der Waals surface area contributed by atoms with E-state index in [1.54, 1.807) is 0 Å². The number of hydrogen-bond acceptors (Lipinski definition) is 6. The molecule has 1 saturated carbocycles. The van der Waals surface area contributed by atoms with Crippen molar-refractivity contribution in [2.24, 2.45) is 10.6 Å². The van der Waals surface area contributed by atoms with Gasteiger partial charge in [0.15, 0.2) is 0 Å². The number of carbonyl (C=O) groups excluding carboxylic acids is 2. The zero-order chi connectivity index (χ0) is 17.9. The first-order valence-corrected chi connectivity index (χ1v) is 9.27. The highest BCUT2D eigenvalue weighted by Crippen LogP contribution is 2.34. The van der Waals surface area contributed by atoms with Crippen molar-refractivity contribution in [1.29, 1.82) is 0 Å². The van der Waals surface area contributed by atoms with Gasteiger partial charge in [-0.1, -0.05) is 30.6 Å². The van der Waals surface area contributed by atoms with Crippen molar-refractivity contribution in [2.75, 3.05) is 6.61 Å². The van der Waals surface area contributed by atoms with E-state index in [1.807, 2.05) is 24.3 Å². The van der Waals surface area contributed by atoms with Crippen molar-refractivity contribution in [3.8, 4) is 5.75 Å². The molecule has 2 unspecified atom stereocenters. The third-order valence-electron chi connectivity index (χ3n) is 4.90. The highest BCUT2D eigenvalue weighted by molar-refractivity contribution is 8.26. The maximum absolute atomic E-state index is 11.7. The lowest BCUT2D eigenvalue weighted by atomic mass is 9.74. The number of nitrogens with one attached hydrogen (secondary N) is 1. The number of hydrogen-bond donors (Lipinski definition) is 2. The Bertz CT molecular complexity index is 689. The van der Waals surface area contributed by atoms with Crippen LogP contribution >= 0.6 is 11.8 Å². The number of oxime groups is 1. The molecule has 0 aromatic heterocycles. The summed E-state index contributed by atoms with van der Waals surface area (Å²) < 4.78 is 5.91. The molecule has 0 radical (unpaired) electrons. The molecule has 2 fully saturated rings.